The number of nitro groups is 1. The summed E-state index contributed by atoms with van der Waals surface area (Å²) in [5.74, 6) is 1.99. The summed E-state index contributed by atoms with van der Waals surface area (Å²) in [7, 11) is 0. The molecule has 1 aliphatic heterocycles. The second kappa shape index (κ2) is 5.09. The lowest BCUT2D eigenvalue weighted by atomic mass is 10.2. The molecule has 1 aliphatic rings. The molecule has 2 aromatic carbocycles. The number of fused-ring (bicyclic) bond motifs is 1. The van der Waals surface area contributed by atoms with Crippen molar-refractivity contribution in [2.75, 3.05) is 6.79 Å². The Hall–Kier alpha value is -3.42. The van der Waals surface area contributed by atoms with Crippen LogP contribution in [0.1, 0.15) is 0 Å². The third-order valence-electron chi connectivity index (χ3n) is 3.38. The molecule has 0 atom stereocenters. The fourth-order valence-electron chi connectivity index (χ4n) is 2.22. The van der Waals surface area contributed by atoms with Crippen molar-refractivity contribution in [3.63, 3.8) is 0 Å². The third-order valence-corrected chi connectivity index (χ3v) is 3.38. The molecule has 4 rings (SSSR count). The average Bonchev–Trinajstić information content (AvgIpc) is 3.23. The maximum atomic E-state index is 10.7. The number of aromatic nitrogens is 2. The molecule has 8 nitrogen and oxygen atoms in total. The Labute approximate surface area is 129 Å². The number of hydrogen-bond acceptors (Lipinski definition) is 7. The molecule has 3 aromatic rings. The van der Waals surface area contributed by atoms with Gasteiger partial charge in [0.25, 0.3) is 11.6 Å². The number of rotatable bonds is 3. The van der Waals surface area contributed by atoms with Crippen molar-refractivity contribution < 1.29 is 18.9 Å². The molecular formula is C15H9N3O5. The Morgan fingerprint density at radius 3 is 2.52 bits per heavy atom. The van der Waals surface area contributed by atoms with Crippen LogP contribution in [0.3, 0.4) is 0 Å². The van der Waals surface area contributed by atoms with Crippen LogP contribution >= 0.6 is 0 Å². The van der Waals surface area contributed by atoms with Crippen LogP contribution in [0.2, 0.25) is 0 Å². The molecule has 114 valence electrons. The first kappa shape index (κ1) is 13.3. The van der Waals surface area contributed by atoms with Crippen molar-refractivity contribution in [2.24, 2.45) is 0 Å². The lowest BCUT2D eigenvalue weighted by Gasteiger charge is -1.97. The van der Waals surface area contributed by atoms with E-state index >= 15 is 0 Å². The number of benzene rings is 2. The average molecular weight is 311 g/mol. The molecule has 0 saturated carbocycles. The van der Waals surface area contributed by atoms with Gasteiger partial charge < -0.3 is 14.0 Å². The molecule has 0 unspecified atom stereocenters. The van der Waals surface area contributed by atoms with Crippen molar-refractivity contribution in [1.29, 1.82) is 0 Å². The van der Waals surface area contributed by atoms with Crippen LogP contribution in [-0.4, -0.2) is 21.9 Å². The van der Waals surface area contributed by atoms with E-state index in [9.17, 15) is 10.1 Å². The Balaban J connectivity index is 1.65. The first-order valence-electron chi connectivity index (χ1n) is 6.69. The van der Waals surface area contributed by atoms with Crippen LogP contribution in [0, 0.1) is 10.1 Å². The zero-order valence-corrected chi connectivity index (χ0v) is 11.6. The fourth-order valence-corrected chi connectivity index (χ4v) is 2.22. The van der Waals surface area contributed by atoms with Crippen molar-refractivity contribution >= 4 is 5.69 Å². The first-order valence-corrected chi connectivity index (χ1v) is 6.69. The summed E-state index contributed by atoms with van der Waals surface area (Å²) in [6.07, 6.45) is 0. The monoisotopic (exact) mass is 311 g/mol. The molecule has 2 heterocycles. The van der Waals surface area contributed by atoms with E-state index in [4.69, 9.17) is 14.0 Å². The van der Waals surface area contributed by atoms with E-state index in [1.165, 1.54) is 12.1 Å². The van der Waals surface area contributed by atoms with Crippen LogP contribution in [0.25, 0.3) is 22.8 Å². The zero-order valence-electron chi connectivity index (χ0n) is 11.6. The second-order valence-corrected chi connectivity index (χ2v) is 4.80. The molecule has 0 N–H and O–H groups in total. The van der Waals surface area contributed by atoms with Gasteiger partial charge in [0, 0.05) is 23.3 Å². The molecule has 0 saturated heterocycles. The van der Waals surface area contributed by atoms with Crippen molar-refractivity contribution in [3.05, 3.63) is 52.6 Å². The maximum Gasteiger partial charge on any atom is 0.269 e. The van der Waals surface area contributed by atoms with E-state index in [1.807, 2.05) is 0 Å². The Morgan fingerprint density at radius 2 is 1.74 bits per heavy atom. The minimum atomic E-state index is -0.463. The molecule has 8 heteroatoms. The molecule has 1 aromatic heterocycles. The summed E-state index contributed by atoms with van der Waals surface area (Å²) in [6, 6.07) is 11.3. The zero-order chi connectivity index (χ0) is 15.8. The summed E-state index contributed by atoms with van der Waals surface area (Å²) in [5, 5.41) is 14.6. The van der Waals surface area contributed by atoms with Gasteiger partial charge in [0.2, 0.25) is 12.6 Å². The topological polar surface area (TPSA) is 101 Å². The normalized spacial score (nSPS) is 12.3. The number of nitrogens with zero attached hydrogens (tertiary/aromatic N) is 3. The summed E-state index contributed by atoms with van der Waals surface area (Å²) in [4.78, 5) is 14.5. The van der Waals surface area contributed by atoms with Gasteiger partial charge in [0.05, 0.1) is 4.92 Å². The Bertz CT molecular complexity index is 888. The van der Waals surface area contributed by atoms with Crippen LogP contribution in [0.5, 0.6) is 11.5 Å². The number of ether oxygens (including phenoxy) is 2. The van der Waals surface area contributed by atoms with Gasteiger partial charge >= 0.3 is 0 Å². The van der Waals surface area contributed by atoms with Crippen LogP contribution in [-0.2, 0) is 0 Å². The fraction of sp³-hybridized carbons (Fsp3) is 0.0667. The summed E-state index contributed by atoms with van der Waals surface area (Å²) < 4.78 is 15.8. The van der Waals surface area contributed by atoms with Gasteiger partial charge in [0.15, 0.2) is 11.5 Å². The van der Waals surface area contributed by atoms with Gasteiger partial charge in [-0.3, -0.25) is 10.1 Å². The first-order chi connectivity index (χ1) is 11.2. The van der Waals surface area contributed by atoms with Crippen molar-refractivity contribution in [1.82, 2.24) is 10.1 Å². The standard InChI is InChI=1S/C15H9N3O5/c19-18(20)11-4-1-9(2-5-11)15-16-14(17-23-15)10-3-6-12-13(7-10)22-8-21-12/h1-7H,8H2. The number of non-ortho nitro benzene ring substituents is 1. The van der Waals surface area contributed by atoms with Gasteiger partial charge in [-0.2, -0.15) is 4.98 Å². The smallest absolute Gasteiger partial charge is 0.269 e. The molecule has 0 fully saturated rings. The summed E-state index contributed by atoms with van der Waals surface area (Å²) >= 11 is 0. The third kappa shape index (κ3) is 2.35. The predicted molar refractivity (Wildman–Crippen MR) is 77.9 cm³/mol. The van der Waals surface area contributed by atoms with Crippen LogP contribution in [0.4, 0.5) is 5.69 Å². The molecule has 23 heavy (non-hydrogen) atoms. The Morgan fingerprint density at radius 1 is 1.00 bits per heavy atom. The van der Waals surface area contributed by atoms with Crippen LogP contribution < -0.4 is 9.47 Å². The number of nitro benzene ring substituents is 1. The minimum absolute atomic E-state index is 0.00394. The second-order valence-electron chi connectivity index (χ2n) is 4.80. The van der Waals surface area contributed by atoms with Gasteiger partial charge in [-0.05, 0) is 30.3 Å². The van der Waals surface area contributed by atoms with Gasteiger partial charge in [0.1, 0.15) is 0 Å². The van der Waals surface area contributed by atoms with Crippen molar-refractivity contribution in [3.8, 4) is 34.3 Å². The van der Waals surface area contributed by atoms with Gasteiger partial charge in [-0.1, -0.05) is 5.16 Å². The molecule has 0 amide bonds. The lowest BCUT2D eigenvalue weighted by molar-refractivity contribution is -0.384. The van der Waals surface area contributed by atoms with E-state index in [0.29, 0.717) is 22.9 Å². The molecule has 0 aliphatic carbocycles. The number of hydrogen-bond donors (Lipinski definition) is 0. The molecule has 0 radical (unpaired) electrons. The van der Waals surface area contributed by atoms with Crippen molar-refractivity contribution in [2.45, 2.75) is 0 Å². The van der Waals surface area contributed by atoms with E-state index < -0.39 is 4.92 Å². The SMILES string of the molecule is O=[N+]([O-])c1ccc(-c2nc(-c3ccc4c(c3)OCO4)no2)cc1. The predicted octanol–water partition coefficient (Wildman–Crippen LogP) is 3.04. The highest BCUT2D eigenvalue weighted by atomic mass is 16.7. The minimum Gasteiger partial charge on any atom is -0.454 e. The highest BCUT2D eigenvalue weighted by Gasteiger charge is 2.17. The molecular weight excluding hydrogens is 302 g/mol. The lowest BCUT2D eigenvalue weighted by Crippen LogP contribution is -1.92. The van der Waals surface area contributed by atoms with Crippen LogP contribution in [0.15, 0.2) is 47.0 Å². The van der Waals surface area contributed by atoms with E-state index in [2.05, 4.69) is 10.1 Å². The van der Waals surface area contributed by atoms with Gasteiger partial charge in [-0.25, -0.2) is 0 Å². The largest absolute Gasteiger partial charge is 0.454 e. The quantitative estimate of drug-likeness (QED) is 0.541. The van der Waals surface area contributed by atoms with E-state index in [0.717, 1.165) is 5.56 Å². The maximum absolute atomic E-state index is 10.7. The molecule has 0 bridgehead atoms. The van der Waals surface area contributed by atoms with E-state index in [1.54, 1.807) is 30.3 Å². The highest BCUT2D eigenvalue weighted by molar-refractivity contribution is 5.64. The summed E-state index contributed by atoms with van der Waals surface area (Å²) in [6.45, 7) is 0.194. The highest BCUT2D eigenvalue weighted by Crippen LogP contribution is 2.35. The molecule has 0 spiro atoms. The Kier molecular flexibility index (Phi) is 2.94. The van der Waals surface area contributed by atoms with Gasteiger partial charge in [-0.15, -0.1) is 0 Å². The summed E-state index contributed by atoms with van der Waals surface area (Å²) in [5.41, 5.74) is 1.34. The van der Waals surface area contributed by atoms with E-state index in [-0.39, 0.29) is 18.4 Å².